The van der Waals surface area contributed by atoms with Gasteiger partial charge in [-0.3, -0.25) is 9.69 Å². The van der Waals surface area contributed by atoms with E-state index in [4.69, 9.17) is 11.6 Å². The molecule has 1 saturated heterocycles. The van der Waals surface area contributed by atoms with Crippen LogP contribution in [0.2, 0.25) is 5.02 Å². The van der Waals surface area contributed by atoms with Crippen molar-refractivity contribution in [2.45, 2.75) is 20.4 Å². The van der Waals surface area contributed by atoms with Crippen molar-refractivity contribution in [1.82, 2.24) is 9.80 Å². The number of benzene rings is 2. The number of rotatable bonds is 3. The van der Waals surface area contributed by atoms with Gasteiger partial charge in [-0.2, -0.15) is 0 Å². The van der Waals surface area contributed by atoms with Crippen LogP contribution in [0.4, 0.5) is 0 Å². The number of halogens is 1. The topological polar surface area (TPSA) is 23.6 Å². The van der Waals surface area contributed by atoms with Crippen molar-refractivity contribution in [1.29, 1.82) is 0 Å². The van der Waals surface area contributed by atoms with Gasteiger partial charge in [0.25, 0.3) is 5.91 Å². The highest BCUT2D eigenvalue weighted by Gasteiger charge is 2.23. The molecule has 0 saturated carbocycles. The van der Waals surface area contributed by atoms with E-state index in [9.17, 15) is 4.79 Å². The van der Waals surface area contributed by atoms with Crippen molar-refractivity contribution in [3.63, 3.8) is 0 Å². The smallest absolute Gasteiger partial charge is 0.254 e. The number of nitrogens with zero attached hydrogens (tertiary/aromatic N) is 2. The van der Waals surface area contributed by atoms with E-state index in [2.05, 4.69) is 11.0 Å². The molecule has 2 aromatic carbocycles. The molecule has 0 bridgehead atoms. The molecule has 0 radical (unpaired) electrons. The Hall–Kier alpha value is -1.84. The Bertz CT molecular complexity index is 736. The van der Waals surface area contributed by atoms with Crippen LogP contribution in [0.15, 0.2) is 42.5 Å². The largest absolute Gasteiger partial charge is 0.336 e. The molecule has 126 valence electrons. The Balaban J connectivity index is 1.61. The fraction of sp³-hybridized carbons (Fsp3) is 0.350. The van der Waals surface area contributed by atoms with E-state index in [1.165, 1.54) is 0 Å². The minimum absolute atomic E-state index is 0.147. The molecule has 0 aliphatic carbocycles. The summed E-state index contributed by atoms with van der Waals surface area (Å²) in [4.78, 5) is 17.1. The van der Waals surface area contributed by atoms with Crippen molar-refractivity contribution >= 4 is 17.5 Å². The molecular weight excluding hydrogens is 320 g/mol. The molecule has 3 nitrogen and oxygen atoms in total. The molecular formula is C20H23ClN2O. The zero-order valence-corrected chi connectivity index (χ0v) is 15.0. The van der Waals surface area contributed by atoms with Crippen molar-refractivity contribution in [2.75, 3.05) is 26.2 Å². The molecule has 1 aliphatic rings. The van der Waals surface area contributed by atoms with Gasteiger partial charge in [0.15, 0.2) is 0 Å². The first-order chi connectivity index (χ1) is 11.5. The second-order valence-electron chi connectivity index (χ2n) is 6.48. The van der Waals surface area contributed by atoms with Gasteiger partial charge in [-0.15, -0.1) is 0 Å². The molecule has 24 heavy (non-hydrogen) atoms. The molecule has 3 rings (SSSR count). The fourth-order valence-corrected chi connectivity index (χ4v) is 3.31. The van der Waals surface area contributed by atoms with E-state index in [0.29, 0.717) is 0 Å². The van der Waals surface area contributed by atoms with Gasteiger partial charge in [0.2, 0.25) is 0 Å². The molecule has 1 fully saturated rings. The molecule has 0 unspecified atom stereocenters. The van der Waals surface area contributed by atoms with E-state index in [0.717, 1.165) is 60.0 Å². The first-order valence-corrected chi connectivity index (χ1v) is 8.74. The van der Waals surface area contributed by atoms with Gasteiger partial charge in [0.1, 0.15) is 0 Å². The number of amides is 1. The van der Waals surface area contributed by atoms with E-state index in [-0.39, 0.29) is 5.91 Å². The molecule has 1 amide bonds. The maximum absolute atomic E-state index is 12.8. The maximum atomic E-state index is 12.8. The lowest BCUT2D eigenvalue weighted by Crippen LogP contribution is -2.48. The first kappa shape index (κ1) is 17.0. The zero-order chi connectivity index (χ0) is 17.1. The second kappa shape index (κ2) is 7.37. The van der Waals surface area contributed by atoms with Gasteiger partial charge in [-0.25, -0.2) is 0 Å². The predicted molar refractivity (Wildman–Crippen MR) is 98.5 cm³/mol. The first-order valence-electron chi connectivity index (χ1n) is 8.37. The third-order valence-corrected chi connectivity index (χ3v) is 5.00. The minimum Gasteiger partial charge on any atom is -0.336 e. The zero-order valence-electron chi connectivity index (χ0n) is 14.3. The van der Waals surface area contributed by atoms with E-state index in [1.54, 1.807) is 0 Å². The Morgan fingerprint density at radius 3 is 2.46 bits per heavy atom. The lowest BCUT2D eigenvalue weighted by molar-refractivity contribution is 0.0627. The van der Waals surface area contributed by atoms with E-state index < -0.39 is 0 Å². The average Bonchev–Trinajstić information content (AvgIpc) is 2.59. The van der Waals surface area contributed by atoms with Crippen molar-refractivity contribution in [2.24, 2.45) is 0 Å². The molecule has 0 spiro atoms. The molecule has 2 aromatic rings. The number of piperazine rings is 1. The van der Waals surface area contributed by atoms with Crippen LogP contribution in [0.1, 0.15) is 27.0 Å². The van der Waals surface area contributed by atoms with Crippen molar-refractivity contribution in [3.8, 4) is 0 Å². The van der Waals surface area contributed by atoms with Gasteiger partial charge in [-0.05, 0) is 37.1 Å². The van der Waals surface area contributed by atoms with Crippen molar-refractivity contribution < 1.29 is 4.79 Å². The molecule has 0 N–H and O–H groups in total. The normalized spacial score (nSPS) is 15.5. The number of carbonyl (C=O) groups is 1. The fourth-order valence-electron chi connectivity index (χ4n) is 3.11. The third-order valence-electron chi connectivity index (χ3n) is 4.63. The molecule has 4 heteroatoms. The molecule has 1 aliphatic heterocycles. The number of aryl methyl sites for hydroxylation is 2. The number of carbonyl (C=O) groups excluding carboxylic acids is 1. The van der Waals surface area contributed by atoms with Crippen LogP contribution in [0.5, 0.6) is 0 Å². The van der Waals surface area contributed by atoms with Crippen LogP contribution >= 0.6 is 11.6 Å². The third kappa shape index (κ3) is 3.80. The summed E-state index contributed by atoms with van der Waals surface area (Å²) in [5.74, 6) is 0.147. The highest BCUT2D eigenvalue weighted by Crippen LogP contribution is 2.19. The van der Waals surface area contributed by atoms with Gasteiger partial charge in [-0.1, -0.05) is 47.5 Å². The highest BCUT2D eigenvalue weighted by atomic mass is 35.5. The van der Waals surface area contributed by atoms with Gasteiger partial charge in [0, 0.05) is 43.3 Å². The van der Waals surface area contributed by atoms with E-state index >= 15 is 0 Å². The lowest BCUT2D eigenvalue weighted by Gasteiger charge is -2.35. The highest BCUT2D eigenvalue weighted by molar-refractivity contribution is 6.31. The summed E-state index contributed by atoms with van der Waals surface area (Å²) in [6.45, 7) is 8.14. The summed E-state index contributed by atoms with van der Waals surface area (Å²) < 4.78 is 0. The van der Waals surface area contributed by atoms with Gasteiger partial charge in [0.05, 0.1) is 0 Å². The quantitative estimate of drug-likeness (QED) is 0.844. The lowest BCUT2D eigenvalue weighted by atomic mass is 10.0. The number of hydrogen-bond donors (Lipinski definition) is 0. The predicted octanol–water partition coefficient (Wildman–Crippen LogP) is 3.91. The van der Waals surface area contributed by atoms with Crippen LogP contribution in [0, 0.1) is 13.8 Å². The van der Waals surface area contributed by atoms with Crippen LogP contribution < -0.4 is 0 Å². The SMILES string of the molecule is Cc1ccc(C)c(C(=O)N2CCN(Cc3ccccc3Cl)CC2)c1. The monoisotopic (exact) mass is 342 g/mol. The van der Waals surface area contributed by atoms with Crippen LogP contribution in [-0.2, 0) is 6.54 Å². The summed E-state index contributed by atoms with van der Waals surface area (Å²) in [6.07, 6.45) is 0. The Kier molecular flexibility index (Phi) is 5.22. The molecule has 1 heterocycles. The average molecular weight is 343 g/mol. The van der Waals surface area contributed by atoms with Gasteiger partial charge >= 0.3 is 0 Å². The summed E-state index contributed by atoms with van der Waals surface area (Å²) in [5.41, 5.74) is 4.15. The standard InChI is InChI=1S/C20H23ClN2O/c1-15-7-8-16(2)18(13-15)20(24)23-11-9-22(10-12-23)14-17-5-3-4-6-19(17)21/h3-8,13H,9-12,14H2,1-2H3. The Morgan fingerprint density at radius 1 is 1.04 bits per heavy atom. The number of hydrogen-bond acceptors (Lipinski definition) is 2. The Morgan fingerprint density at radius 2 is 1.75 bits per heavy atom. The van der Waals surface area contributed by atoms with E-state index in [1.807, 2.05) is 55.1 Å². The summed E-state index contributed by atoms with van der Waals surface area (Å²) >= 11 is 6.24. The molecule has 0 aromatic heterocycles. The van der Waals surface area contributed by atoms with Crippen LogP contribution in [0.3, 0.4) is 0 Å². The Labute approximate surface area is 148 Å². The van der Waals surface area contributed by atoms with Crippen molar-refractivity contribution in [3.05, 3.63) is 69.7 Å². The summed E-state index contributed by atoms with van der Waals surface area (Å²) in [7, 11) is 0. The summed E-state index contributed by atoms with van der Waals surface area (Å²) in [5, 5.41) is 0.811. The minimum atomic E-state index is 0.147. The van der Waals surface area contributed by atoms with Crippen LogP contribution in [-0.4, -0.2) is 41.9 Å². The summed E-state index contributed by atoms with van der Waals surface area (Å²) in [6, 6.07) is 14.0. The second-order valence-corrected chi connectivity index (χ2v) is 6.89. The van der Waals surface area contributed by atoms with Crippen LogP contribution in [0.25, 0.3) is 0 Å². The maximum Gasteiger partial charge on any atom is 0.254 e. The van der Waals surface area contributed by atoms with Gasteiger partial charge < -0.3 is 4.90 Å². The molecule has 0 atom stereocenters.